The lowest BCUT2D eigenvalue weighted by Crippen LogP contribution is -2.56. The molecule has 1 amide bonds. The Balaban J connectivity index is 1.92. The summed E-state index contributed by atoms with van der Waals surface area (Å²) in [4.78, 5) is 23.1. The van der Waals surface area contributed by atoms with Crippen molar-refractivity contribution < 1.29 is 24.2 Å². The van der Waals surface area contributed by atoms with Gasteiger partial charge in [0, 0.05) is 19.1 Å². The standard InChI is InChI=1S/C13H13Cl2NO5/c14-9-2-1-8(5-10(9)15)21-6-11(17)16-13(12(18)19)3-4-20-7-13/h1-2,5H,3-4,6-7H2,(H,16,17)(H,18,19). The maximum atomic E-state index is 11.8. The van der Waals surface area contributed by atoms with Gasteiger partial charge < -0.3 is 19.9 Å². The summed E-state index contributed by atoms with van der Waals surface area (Å²) in [7, 11) is 0. The summed E-state index contributed by atoms with van der Waals surface area (Å²) >= 11 is 11.6. The molecule has 114 valence electrons. The van der Waals surface area contributed by atoms with Gasteiger partial charge in [0.25, 0.3) is 5.91 Å². The number of rotatable bonds is 5. The molecule has 1 heterocycles. The average molecular weight is 334 g/mol. The number of benzene rings is 1. The maximum Gasteiger partial charge on any atom is 0.331 e. The Morgan fingerprint density at radius 3 is 2.71 bits per heavy atom. The van der Waals surface area contributed by atoms with Crippen LogP contribution in [0.1, 0.15) is 6.42 Å². The van der Waals surface area contributed by atoms with Gasteiger partial charge in [0.05, 0.1) is 16.7 Å². The largest absolute Gasteiger partial charge is 0.484 e. The second-order valence-electron chi connectivity index (χ2n) is 4.60. The molecule has 0 aliphatic carbocycles. The van der Waals surface area contributed by atoms with Crippen molar-refractivity contribution in [2.24, 2.45) is 0 Å². The number of carboxylic acids is 1. The SMILES string of the molecule is O=C(COc1ccc(Cl)c(Cl)c1)NC1(C(=O)O)CCOC1. The second-order valence-corrected chi connectivity index (χ2v) is 5.42. The molecule has 1 aromatic rings. The first kappa shape index (κ1) is 15.9. The molecule has 6 nitrogen and oxygen atoms in total. The van der Waals surface area contributed by atoms with Crippen molar-refractivity contribution >= 4 is 35.1 Å². The zero-order chi connectivity index (χ0) is 15.5. The molecular weight excluding hydrogens is 321 g/mol. The fourth-order valence-corrected chi connectivity index (χ4v) is 2.19. The highest BCUT2D eigenvalue weighted by Gasteiger charge is 2.43. The number of ether oxygens (including phenoxy) is 2. The van der Waals surface area contributed by atoms with Crippen molar-refractivity contribution in [1.29, 1.82) is 0 Å². The lowest BCUT2D eigenvalue weighted by Gasteiger charge is -2.23. The summed E-state index contributed by atoms with van der Waals surface area (Å²) in [5.74, 6) is -1.30. The Labute approximate surface area is 130 Å². The molecule has 0 spiro atoms. The molecule has 0 radical (unpaired) electrons. The Hall–Kier alpha value is -1.50. The van der Waals surface area contributed by atoms with Crippen LogP contribution in [-0.4, -0.2) is 42.3 Å². The first-order valence-electron chi connectivity index (χ1n) is 6.13. The van der Waals surface area contributed by atoms with E-state index in [0.29, 0.717) is 22.4 Å². The van der Waals surface area contributed by atoms with Crippen LogP contribution < -0.4 is 10.1 Å². The van der Waals surface area contributed by atoms with Gasteiger partial charge in [-0.15, -0.1) is 0 Å². The van der Waals surface area contributed by atoms with Gasteiger partial charge in [0.2, 0.25) is 0 Å². The molecule has 1 saturated heterocycles. The van der Waals surface area contributed by atoms with E-state index in [1.54, 1.807) is 12.1 Å². The number of carboxylic acid groups (broad SMARTS) is 1. The first-order chi connectivity index (χ1) is 9.93. The average Bonchev–Trinajstić information content (AvgIpc) is 2.90. The second kappa shape index (κ2) is 6.51. The summed E-state index contributed by atoms with van der Waals surface area (Å²) in [6.45, 7) is -0.0892. The highest BCUT2D eigenvalue weighted by molar-refractivity contribution is 6.42. The Kier molecular flexibility index (Phi) is 4.92. The molecule has 0 bridgehead atoms. The summed E-state index contributed by atoms with van der Waals surface area (Å²) in [6, 6.07) is 4.58. The molecule has 1 unspecified atom stereocenters. The van der Waals surface area contributed by atoms with Crippen molar-refractivity contribution in [3.8, 4) is 5.75 Å². The van der Waals surface area contributed by atoms with E-state index in [1.165, 1.54) is 6.07 Å². The van der Waals surface area contributed by atoms with Crippen molar-refractivity contribution in [2.45, 2.75) is 12.0 Å². The van der Waals surface area contributed by atoms with E-state index < -0.39 is 17.4 Å². The Morgan fingerprint density at radius 2 is 2.14 bits per heavy atom. The van der Waals surface area contributed by atoms with Gasteiger partial charge in [-0.2, -0.15) is 0 Å². The molecule has 2 N–H and O–H groups in total. The normalized spacial score (nSPS) is 21.0. The maximum absolute atomic E-state index is 11.8. The Morgan fingerprint density at radius 1 is 1.38 bits per heavy atom. The zero-order valence-corrected chi connectivity index (χ0v) is 12.4. The molecule has 0 saturated carbocycles. The summed E-state index contributed by atoms with van der Waals surface area (Å²) < 4.78 is 10.3. The third-order valence-electron chi connectivity index (χ3n) is 3.07. The van der Waals surface area contributed by atoms with Gasteiger partial charge in [-0.05, 0) is 12.1 Å². The van der Waals surface area contributed by atoms with E-state index in [1.807, 2.05) is 0 Å². The topological polar surface area (TPSA) is 84.9 Å². The predicted molar refractivity (Wildman–Crippen MR) is 75.9 cm³/mol. The number of aliphatic carboxylic acids is 1. The van der Waals surface area contributed by atoms with Gasteiger partial charge in [-0.3, -0.25) is 4.79 Å². The third-order valence-corrected chi connectivity index (χ3v) is 3.81. The van der Waals surface area contributed by atoms with Crippen LogP contribution in [0.15, 0.2) is 18.2 Å². The molecule has 1 aliphatic heterocycles. The third kappa shape index (κ3) is 3.78. The number of halogens is 2. The van der Waals surface area contributed by atoms with Crippen molar-refractivity contribution in [3.63, 3.8) is 0 Å². The summed E-state index contributed by atoms with van der Waals surface area (Å²) in [5.41, 5.74) is -1.38. The van der Waals surface area contributed by atoms with Crippen LogP contribution in [0.25, 0.3) is 0 Å². The van der Waals surface area contributed by atoms with Gasteiger partial charge in [0.1, 0.15) is 5.75 Å². The number of nitrogens with one attached hydrogen (secondary N) is 1. The van der Waals surface area contributed by atoms with Crippen LogP contribution in [-0.2, 0) is 14.3 Å². The quantitative estimate of drug-likeness (QED) is 0.857. The van der Waals surface area contributed by atoms with E-state index in [4.69, 9.17) is 32.7 Å². The minimum absolute atomic E-state index is 0.0547. The van der Waals surface area contributed by atoms with E-state index in [-0.39, 0.29) is 19.6 Å². The van der Waals surface area contributed by atoms with E-state index in [2.05, 4.69) is 5.32 Å². The van der Waals surface area contributed by atoms with Crippen LogP contribution in [0.4, 0.5) is 0 Å². The van der Waals surface area contributed by atoms with Crippen LogP contribution >= 0.6 is 23.2 Å². The molecule has 21 heavy (non-hydrogen) atoms. The fraction of sp³-hybridized carbons (Fsp3) is 0.385. The number of hydrogen-bond acceptors (Lipinski definition) is 4. The number of hydrogen-bond donors (Lipinski definition) is 2. The smallest absolute Gasteiger partial charge is 0.331 e. The highest BCUT2D eigenvalue weighted by Crippen LogP contribution is 2.26. The molecular formula is C13H13Cl2NO5. The molecule has 0 aromatic heterocycles. The lowest BCUT2D eigenvalue weighted by atomic mass is 9.99. The van der Waals surface area contributed by atoms with Gasteiger partial charge in [-0.25, -0.2) is 4.79 Å². The lowest BCUT2D eigenvalue weighted by molar-refractivity contribution is -0.148. The van der Waals surface area contributed by atoms with Crippen LogP contribution in [0.2, 0.25) is 10.0 Å². The minimum atomic E-state index is -1.38. The van der Waals surface area contributed by atoms with Crippen molar-refractivity contribution in [3.05, 3.63) is 28.2 Å². The van der Waals surface area contributed by atoms with Crippen molar-refractivity contribution in [2.75, 3.05) is 19.8 Å². The first-order valence-corrected chi connectivity index (χ1v) is 6.88. The summed E-state index contributed by atoms with van der Waals surface area (Å²) in [5, 5.41) is 12.3. The van der Waals surface area contributed by atoms with E-state index in [9.17, 15) is 14.7 Å². The number of carbonyl (C=O) groups excluding carboxylic acids is 1. The van der Waals surface area contributed by atoms with Crippen molar-refractivity contribution in [1.82, 2.24) is 5.32 Å². The minimum Gasteiger partial charge on any atom is -0.484 e. The van der Waals surface area contributed by atoms with Gasteiger partial charge in [0.15, 0.2) is 12.1 Å². The van der Waals surface area contributed by atoms with E-state index >= 15 is 0 Å². The summed E-state index contributed by atoms with van der Waals surface area (Å²) in [6.07, 6.45) is 0.223. The van der Waals surface area contributed by atoms with Gasteiger partial charge >= 0.3 is 5.97 Å². The van der Waals surface area contributed by atoms with Gasteiger partial charge in [-0.1, -0.05) is 23.2 Å². The molecule has 1 aromatic carbocycles. The number of carbonyl (C=O) groups is 2. The Bertz CT molecular complexity index is 557. The van der Waals surface area contributed by atoms with Crippen LogP contribution in [0.3, 0.4) is 0 Å². The molecule has 8 heteroatoms. The predicted octanol–water partition coefficient (Wildman–Crippen LogP) is 1.73. The van der Waals surface area contributed by atoms with Crippen LogP contribution in [0, 0.1) is 0 Å². The molecule has 1 aliphatic rings. The molecule has 1 fully saturated rings. The molecule has 2 rings (SSSR count). The molecule has 1 atom stereocenters. The van der Waals surface area contributed by atoms with Crippen LogP contribution in [0.5, 0.6) is 5.75 Å². The zero-order valence-electron chi connectivity index (χ0n) is 10.9. The monoisotopic (exact) mass is 333 g/mol. The highest BCUT2D eigenvalue weighted by atomic mass is 35.5. The number of amides is 1. The van der Waals surface area contributed by atoms with E-state index in [0.717, 1.165) is 0 Å². The fourth-order valence-electron chi connectivity index (χ4n) is 1.90.